The van der Waals surface area contributed by atoms with Crippen LogP contribution >= 0.6 is 0 Å². The Morgan fingerprint density at radius 1 is 1.57 bits per heavy atom. The Hall–Kier alpha value is -1.58. The quantitative estimate of drug-likeness (QED) is 0.802. The van der Waals surface area contributed by atoms with Crippen molar-refractivity contribution in [2.75, 3.05) is 11.9 Å². The number of nitrogens with one attached hydrogen (secondary N) is 1. The first-order valence-electron chi connectivity index (χ1n) is 4.64. The van der Waals surface area contributed by atoms with Gasteiger partial charge in [0.05, 0.1) is 12.3 Å². The molecule has 0 saturated heterocycles. The minimum absolute atomic E-state index is 0.373. The molecule has 1 rings (SSSR count). The molecule has 1 N–H and O–H groups in total. The highest BCUT2D eigenvalue weighted by atomic mass is 16.5. The summed E-state index contributed by atoms with van der Waals surface area (Å²) in [5.74, 6) is 0. The molecule has 1 aromatic rings. The number of nitrogens with zero attached hydrogens (tertiary/aromatic N) is 1. The van der Waals surface area contributed by atoms with Crippen molar-refractivity contribution in [3.05, 3.63) is 24.0 Å². The van der Waals surface area contributed by atoms with Gasteiger partial charge in [0, 0.05) is 12.4 Å². The summed E-state index contributed by atoms with van der Waals surface area (Å²) in [6, 6.07) is 1.76. The Kier molecular flexibility index (Phi) is 3.91. The van der Waals surface area contributed by atoms with E-state index < -0.39 is 6.09 Å². The van der Waals surface area contributed by atoms with Crippen molar-refractivity contribution < 1.29 is 9.53 Å². The van der Waals surface area contributed by atoms with E-state index in [0.29, 0.717) is 6.61 Å². The van der Waals surface area contributed by atoms with Crippen molar-refractivity contribution in [3.8, 4) is 0 Å². The first kappa shape index (κ1) is 10.5. The fraction of sp³-hybridized carbons (Fsp3) is 0.400. The summed E-state index contributed by atoms with van der Waals surface area (Å²) in [6.07, 6.45) is 3.78. The number of aryl methyl sites for hydroxylation is 1. The minimum Gasteiger partial charge on any atom is -0.450 e. The standard InChI is InChI=1S/C10H14N2O2/c1-3-8-7-11-6-5-9(8)12-10(13)14-4-2/h5-7H,3-4H2,1-2H3,(H,11,12,13). The Morgan fingerprint density at radius 3 is 3.00 bits per heavy atom. The summed E-state index contributed by atoms with van der Waals surface area (Å²) in [5, 5.41) is 2.66. The topological polar surface area (TPSA) is 51.2 Å². The number of anilines is 1. The predicted octanol–water partition coefficient (Wildman–Crippen LogP) is 2.21. The maximum Gasteiger partial charge on any atom is 0.411 e. The summed E-state index contributed by atoms with van der Waals surface area (Å²) in [4.78, 5) is 15.1. The van der Waals surface area contributed by atoms with Gasteiger partial charge < -0.3 is 4.74 Å². The van der Waals surface area contributed by atoms with Crippen LogP contribution in [0, 0.1) is 0 Å². The van der Waals surface area contributed by atoms with E-state index in [2.05, 4.69) is 10.3 Å². The van der Waals surface area contributed by atoms with Gasteiger partial charge in [-0.2, -0.15) is 0 Å². The zero-order valence-electron chi connectivity index (χ0n) is 8.41. The minimum atomic E-state index is -0.423. The molecule has 1 aromatic heterocycles. The van der Waals surface area contributed by atoms with Crippen LogP contribution in [0.15, 0.2) is 18.5 Å². The molecule has 0 aliphatic carbocycles. The summed E-state index contributed by atoms with van der Waals surface area (Å²) < 4.78 is 4.77. The Balaban J connectivity index is 2.70. The van der Waals surface area contributed by atoms with Gasteiger partial charge in [0.25, 0.3) is 0 Å². The van der Waals surface area contributed by atoms with Crippen LogP contribution in [0.3, 0.4) is 0 Å². The molecule has 76 valence electrons. The number of hydrogen-bond donors (Lipinski definition) is 1. The highest BCUT2D eigenvalue weighted by Crippen LogP contribution is 2.13. The van der Waals surface area contributed by atoms with E-state index in [4.69, 9.17) is 4.74 Å². The lowest BCUT2D eigenvalue weighted by Crippen LogP contribution is -2.14. The van der Waals surface area contributed by atoms with Crippen LogP contribution in [-0.4, -0.2) is 17.7 Å². The number of ether oxygens (including phenoxy) is 1. The van der Waals surface area contributed by atoms with Gasteiger partial charge in [0.2, 0.25) is 0 Å². The molecule has 0 spiro atoms. The fourth-order valence-electron chi connectivity index (χ4n) is 1.11. The van der Waals surface area contributed by atoms with E-state index in [0.717, 1.165) is 17.7 Å². The van der Waals surface area contributed by atoms with E-state index in [9.17, 15) is 4.79 Å². The zero-order chi connectivity index (χ0) is 10.4. The molecule has 0 atom stereocenters. The van der Waals surface area contributed by atoms with Crippen LogP contribution in [0.1, 0.15) is 19.4 Å². The highest BCUT2D eigenvalue weighted by molar-refractivity contribution is 5.85. The molecule has 0 unspecified atom stereocenters. The van der Waals surface area contributed by atoms with Gasteiger partial charge in [0.1, 0.15) is 0 Å². The van der Waals surface area contributed by atoms with Crippen LogP contribution in [0.25, 0.3) is 0 Å². The second kappa shape index (κ2) is 5.21. The fourth-order valence-corrected chi connectivity index (χ4v) is 1.11. The van der Waals surface area contributed by atoms with Crippen molar-refractivity contribution in [2.45, 2.75) is 20.3 Å². The number of rotatable bonds is 3. The Bertz CT molecular complexity index is 313. The van der Waals surface area contributed by atoms with Crippen molar-refractivity contribution in [3.63, 3.8) is 0 Å². The maximum atomic E-state index is 11.1. The van der Waals surface area contributed by atoms with E-state index in [1.807, 2.05) is 6.92 Å². The van der Waals surface area contributed by atoms with E-state index in [1.165, 1.54) is 0 Å². The Morgan fingerprint density at radius 2 is 2.36 bits per heavy atom. The SMILES string of the molecule is CCOC(=O)Nc1ccncc1CC. The lowest BCUT2D eigenvalue weighted by Gasteiger charge is -2.08. The summed E-state index contributed by atoms with van der Waals surface area (Å²) in [7, 11) is 0. The predicted molar refractivity (Wildman–Crippen MR) is 54.3 cm³/mol. The second-order valence-corrected chi connectivity index (χ2v) is 2.73. The molecule has 0 radical (unpaired) electrons. The lowest BCUT2D eigenvalue weighted by atomic mass is 10.2. The Labute approximate surface area is 83.3 Å². The number of carbonyl (C=O) groups is 1. The van der Waals surface area contributed by atoms with E-state index >= 15 is 0 Å². The summed E-state index contributed by atoms with van der Waals surface area (Å²) in [5.41, 5.74) is 1.77. The molecule has 14 heavy (non-hydrogen) atoms. The van der Waals surface area contributed by atoms with Crippen molar-refractivity contribution in [2.24, 2.45) is 0 Å². The third-order valence-corrected chi connectivity index (χ3v) is 1.80. The molecule has 0 aliphatic heterocycles. The van der Waals surface area contributed by atoms with Crippen LogP contribution in [-0.2, 0) is 11.2 Å². The number of hydrogen-bond acceptors (Lipinski definition) is 3. The van der Waals surface area contributed by atoms with Gasteiger partial charge in [-0.3, -0.25) is 10.3 Å². The molecule has 0 bridgehead atoms. The third kappa shape index (κ3) is 2.73. The molecule has 4 nitrogen and oxygen atoms in total. The molecule has 0 aliphatic rings. The normalized spacial score (nSPS) is 9.57. The molecular formula is C10H14N2O2. The highest BCUT2D eigenvalue weighted by Gasteiger charge is 2.04. The number of pyridine rings is 1. The zero-order valence-corrected chi connectivity index (χ0v) is 8.41. The lowest BCUT2D eigenvalue weighted by molar-refractivity contribution is 0.168. The average Bonchev–Trinajstić information content (AvgIpc) is 2.19. The van der Waals surface area contributed by atoms with Crippen LogP contribution < -0.4 is 5.32 Å². The molecule has 1 amide bonds. The molecule has 0 fully saturated rings. The van der Waals surface area contributed by atoms with Gasteiger partial charge in [-0.1, -0.05) is 6.92 Å². The third-order valence-electron chi connectivity index (χ3n) is 1.80. The van der Waals surface area contributed by atoms with Gasteiger partial charge in [0.15, 0.2) is 0 Å². The van der Waals surface area contributed by atoms with Gasteiger partial charge in [-0.15, -0.1) is 0 Å². The smallest absolute Gasteiger partial charge is 0.411 e. The monoisotopic (exact) mass is 194 g/mol. The van der Waals surface area contributed by atoms with Crippen LogP contribution in [0.4, 0.5) is 10.5 Å². The summed E-state index contributed by atoms with van der Waals surface area (Å²) in [6.45, 7) is 4.15. The van der Waals surface area contributed by atoms with Gasteiger partial charge in [-0.25, -0.2) is 4.79 Å². The molecule has 4 heteroatoms. The van der Waals surface area contributed by atoms with E-state index in [1.54, 1.807) is 25.4 Å². The van der Waals surface area contributed by atoms with Gasteiger partial charge in [-0.05, 0) is 25.0 Å². The first-order valence-corrected chi connectivity index (χ1v) is 4.64. The average molecular weight is 194 g/mol. The van der Waals surface area contributed by atoms with Crippen LogP contribution in [0.2, 0.25) is 0 Å². The summed E-state index contributed by atoms with van der Waals surface area (Å²) >= 11 is 0. The number of carbonyl (C=O) groups excluding carboxylic acids is 1. The molecule has 0 aromatic carbocycles. The van der Waals surface area contributed by atoms with Crippen molar-refractivity contribution in [1.82, 2.24) is 4.98 Å². The second-order valence-electron chi connectivity index (χ2n) is 2.73. The van der Waals surface area contributed by atoms with Crippen molar-refractivity contribution >= 4 is 11.8 Å². The number of aromatic nitrogens is 1. The molecule has 1 heterocycles. The van der Waals surface area contributed by atoms with Crippen LogP contribution in [0.5, 0.6) is 0 Å². The first-order chi connectivity index (χ1) is 6.77. The number of amides is 1. The van der Waals surface area contributed by atoms with Crippen molar-refractivity contribution in [1.29, 1.82) is 0 Å². The molecular weight excluding hydrogens is 180 g/mol. The van der Waals surface area contributed by atoms with E-state index in [-0.39, 0.29) is 0 Å². The maximum absolute atomic E-state index is 11.1. The van der Waals surface area contributed by atoms with Gasteiger partial charge >= 0.3 is 6.09 Å². The largest absolute Gasteiger partial charge is 0.450 e. The molecule has 0 saturated carbocycles.